The van der Waals surface area contributed by atoms with E-state index in [-0.39, 0.29) is 0 Å². The summed E-state index contributed by atoms with van der Waals surface area (Å²) in [5.41, 5.74) is 2.58. The van der Waals surface area contributed by atoms with Crippen LogP contribution in [-0.2, 0) is 4.74 Å². The maximum atomic E-state index is 6.04. The summed E-state index contributed by atoms with van der Waals surface area (Å²) in [5.74, 6) is 0.808. The van der Waals surface area contributed by atoms with Gasteiger partial charge in [-0.3, -0.25) is 4.98 Å². The Morgan fingerprint density at radius 1 is 1.35 bits per heavy atom. The number of anilines is 1. The molecule has 3 nitrogen and oxygen atoms in total. The van der Waals surface area contributed by atoms with Gasteiger partial charge in [0.1, 0.15) is 0 Å². The largest absolute Gasteiger partial charge is 0.371 e. The maximum absolute atomic E-state index is 6.04. The van der Waals surface area contributed by atoms with E-state index in [4.69, 9.17) is 4.74 Å². The van der Waals surface area contributed by atoms with Crippen LogP contribution in [0.25, 0.3) is 0 Å². The van der Waals surface area contributed by atoms with E-state index in [1.807, 2.05) is 12.4 Å². The SMILES string of the molecule is Cc1cnccc1N1C[C@H](C)O[C@@H](C2CC2)C1. The molecule has 3 heteroatoms. The van der Waals surface area contributed by atoms with Crippen LogP contribution >= 0.6 is 0 Å². The average molecular weight is 232 g/mol. The Hall–Kier alpha value is -1.09. The van der Waals surface area contributed by atoms with Gasteiger partial charge in [0.05, 0.1) is 12.2 Å². The molecule has 0 radical (unpaired) electrons. The quantitative estimate of drug-likeness (QED) is 0.783. The standard InChI is InChI=1S/C14H20N2O/c1-10-7-15-6-5-13(10)16-8-11(2)17-14(9-16)12-3-4-12/h5-7,11-12,14H,3-4,8-9H2,1-2H3/t11-,14+/m0/s1. The Morgan fingerprint density at radius 2 is 2.18 bits per heavy atom. The van der Waals surface area contributed by atoms with Crippen molar-refractivity contribution < 1.29 is 4.74 Å². The second-order valence-electron chi connectivity index (χ2n) is 5.39. The number of rotatable bonds is 2. The van der Waals surface area contributed by atoms with Crippen molar-refractivity contribution >= 4 is 5.69 Å². The van der Waals surface area contributed by atoms with Crippen molar-refractivity contribution in [2.24, 2.45) is 5.92 Å². The Kier molecular flexibility index (Phi) is 2.79. The van der Waals surface area contributed by atoms with Gasteiger partial charge in [-0.2, -0.15) is 0 Å². The molecule has 0 amide bonds. The Labute approximate surface area is 103 Å². The third-order valence-corrected chi connectivity index (χ3v) is 3.76. The van der Waals surface area contributed by atoms with Gasteiger partial charge in [0, 0.05) is 31.2 Å². The highest BCUT2D eigenvalue weighted by Gasteiger charge is 2.37. The molecule has 0 unspecified atom stereocenters. The van der Waals surface area contributed by atoms with Crippen LogP contribution in [-0.4, -0.2) is 30.3 Å². The highest BCUT2D eigenvalue weighted by molar-refractivity contribution is 5.52. The summed E-state index contributed by atoms with van der Waals surface area (Å²) < 4.78 is 6.04. The van der Waals surface area contributed by atoms with Crippen LogP contribution in [0.3, 0.4) is 0 Å². The number of nitrogens with zero attached hydrogens (tertiary/aromatic N) is 2. The van der Waals surface area contributed by atoms with Crippen LogP contribution in [0.4, 0.5) is 5.69 Å². The normalized spacial score (nSPS) is 29.4. The number of pyridine rings is 1. The molecule has 0 spiro atoms. The number of aromatic nitrogens is 1. The first-order chi connectivity index (χ1) is 8.24. The van der Waals surface area contributed by atoms with Gasteiger partial charge in [-0.25, -0.2) is 0 Å². The van der Waals surface area contributed by atoms with Crippen LogP contribution in [0.5, 0.6) is 0 Å². The molecule has 1 saturated heterocycles. The van der Waals surface area contributed by atoms with Crippen LogP contribution in [0.2, 0.25) is 0 Å². The Balaban J connectivity index is 1.80. The predicted molar refractivity (Wildman–Crippen MR) is 68.2 cm³/mol. The first-order valence-electron chi connectivity index (χ1n) is 6.55. The molecule has 2 atom stereocenters. The number of ether oxygens (including phenoxy) is 1. The van der Waals surface area contributed by atoms with Crippen LogP contribution in [0.1, 0.15) is 25.3 Å². The van der Waals surface area contributed by atoms with Crippen LogP contribution < -0.4 is 4.90 Å². The molecule has 0 N–H and O–H groups in total. The summed E-state index contributed by atoms with van der Waals surface area (Å²) in [6.45, 7) is 6.35. The van der Waals surface area contributed by atoms with Gasteiger partial charge >= 0.3 is 0 Å². The lowest BCUT2D eigenvalue weighted by molar-refractivity contribution is -0.0271. The van der Waals surface area contributed by atoms with E-state index < -0.39 is 0 Å². The third kappa shape index (κ3) is 2.29. The molecule has 3 rings (SSSR count). The summed E-state index contributed by atoms with van der Waals surface area (Å²) in [4.78, 5) is 6.63. The second kappa shape index (κ2) is 4.30. The predicted octanol–water partition coefficient (Wildman–Crippen LogP) is 2.39. The van der Waals surface area contributed by atoms with E-state index in [0.717, 1.165) is 19.0 Å². The van der Waals surface area contributed by atoms with Crippen molar-refractivity contribution in [2.75, 3.05) is 18.0 Å². The lowest BCUT2D eigenvalue weighted by atomic mass is 10.1. The van der Waals surface area contributed by atoms with Crippen molar-refractivity contribution in [2.45, 2.75) is 38.9 Å². The number of aryl methyl sites for hydroxylation is 1. The molecule has 0 bridgehead atoms. The fourth-order valence-electron chi connectivity index (χ4n) is 2.73. The fourth-order valence-corrected chi connectivity index (χ4v) is 2.73. The van der Waals surface area contributed by atoms with Crippen molar-refractivity contribution in [1.29, 1.82) is 0 Å². The highest BCUT2D eigenvalue weighted by Crippen LogP contribution is 2.37. The van der Waals surface area contributed by atoms with E-state index in [9.17, 15) is 0 Å². The number of hydrogen-bond acceptors (Lipinski definition) is 3. The van der Waals surface area contributed by atoms with Crippen LogP contribution in [0.15, 0.2) is 18.5 Å². The van der Waals surface area contributed by atoms with Gasteiger partial charge in [-0.15, -0.1) is 0 Å². The lowest BCUT2D eigenvalue weighted by Crippen LogP contribution is -2.47. The monoisotopic (exact) mass is 232 g/mol. The molecule has 2 aliphatic rings. The highest BCUT2D eigenvalue weighted by atomic mass is 16.5. The molecule has 1 saturated carbocycles. The minimum absolute atomic E-state index is 0.335. The molecule has 1 aliphatic carbocycles. The first-order valence-corrected chi connectivity index (χ1v) is 6.55. The first kappa shape index (κ1) is 11.0. The molecular weight excluding hydrogens is 212 g/mol. The lowest BCUT2D eigenvalue weighted by Gasteiger charge is -2.39. The molecule has 92 valence electrons. The summed E-state index contributed by atoms with van der Waals surface area (Å²) in [6.07, 6.45) is 7.30. The average Bonchev–Trinajstić information content (AvgIpc) is 3.12. The third-order valence-electron chi connectivity index (χ3n) is 3.76. The zero-order chi connectivity index (χ0) is 11.8. The molecule has 17 heavy (non-hydrogen) atoms. The summed E-state index contributed by atoms with van der Waals surface area (Å²) >= 11 is 0. The van der Waals surface area contributed by atoms with Gasteiger partial charge in [0.25, 0.3) is 0 Å². The van der Waals surface area contributed by atoms with E-state index in [1.54, 1.807) is 0 Å². The zero-order valence-electron chi connectivity index (χ0n) is 10.6. The van der Waals surface area contributed by atoms with E-state index in [0.29, 0.717) is 12.2 Å². The molecular formula is C14H20N2O. The van der Waals surface area contributed by atoms with Crippen molar-refractivity contribution in [3.05, 3.63) is 24.0 Å². The van der Waals surface area contributed by atoms with E-state index in [2.05, 4.69) is 29.8 Å². The molecule has 2 heterocycles. The van der Waals surface area contributed by atoms with E-state index in [1.165, 1.54) is 24.1 Å². The van der Waals surface area contributed by atoms with Gasteiger partial charge in [0.2, 0.25) is 0 Å². The molecule has 1 aromatic heterocycles. The molecule has 1 aromatic rings. The molecule has 2 fully saturated rings. The molecule has 1 aliphatic heterocycles. The van der Waals surface area contributed by atoms with Crippen LogP contribution in [0, 0.1) is 12.8 Å². The second-order valence-corrected chi connectivity index (χ2v) is 5.39. The number of morpholine rings is 1. The summed E-state index contributed by atoms with van der Waals surface area (Å²) in [6, 6.07) is 2.12. The summed E-state index contributed by atoms with van der Waals surface area (Å²) in [7, 11) is 0. The summed E-state index contributed by atoms with van der Waals surface area (Å²) in [5, 5.41) is 0. The van der Waals surface area contributed by atoms with Gasteiger partial charge < -0.3 is 9.64 Å². The maximum Gasteiger partial charge on any atom is 0.0782 e. The number of hydrogen-bond donors (Lipinski definition) is 0. The zero-order valence-corrected chi connectivity index (χ0v) is 10.6. The Morgan fingerprint density at radius 3 is 2.88 bits per heavy atom. The minimum Gasteiger partial charge on any atom is -0.371 e. The van der Waals surface area contributed by atoms with E-state index >= 15 is 0 Å². The van der Waals surface area contributed by atoms with Crippen molar-refractivity contribution in [3.63, 3.8) is 0 Å². The topological polar surface area (TPSA) is 25.4 Å². The minimum atomic E-state index is 0.335. The van der Waals surface area contributed by atoms with Gasteiger partial charge in [-0.1, -0.05) is 0 Å². The fraction of sp³-hybridized carbons (Fsp3) is 0.643. The Bertz CT molecular complexity index is 403. The van der Waals surface area contributed by atoms with Gasteiger partial charge in [-0.05, 0) is 44.2 Å². The molecule has 0 aromatic carbocycles. The van der Waals surface area contributed by atoms with Crippen molar-refractivity contribution in [3.8, 4) is 0 Å². The van der Waals surface area contributed by atoms with Crippen molar-refractivity contribution in [1.82, 2.24) is 4.98 Å². The van der Waals surface area contributed by atoms with Gasteiger partial charge in [0.15, 0.2) is 0 Å². The smallest absolute Gasteiger partial charge is 0.0782 e.